The maximum atomic E-state index is 12.9. The summed E-state index contributed by atoms with van der Waals surface area (Å²) in [6, 6.07) is 21.4. The van der Waals surface area contributed by atoms with Gasteiger partial charge in [0, 0.05) is 21.7 Å². The van der Waals surface area contributed by atoms with Crippen molar-refractivity contribution in [3.8, 4) is 0 Å². The highest BCUT2D eigenvalue weighted by Crippen LogP contribution is 2.26. The molecule has 1 aliphatic heterocycles. The van der Waals surface area contributed by atoms with Crippen LogP contribution in [0.4, 0.5) is 0 Å². The molecule has 4 rings (SSSR count). The van der Waals surface area contributed by atoms with Gasteiger partial charge in [-0.05, 0) is 49.7 Å². The number of amides is 2. The lowest BCUT2D eigenvalue weighted by Crippen LogP contribution is -2.42. The summed E-state index contributed by atoms with van der Waals surface area (Å²) < 4.78 is 1.78. The maximum absolute atomic E-state index is 12.9. The molecule has 0 aliphatic carbocycles. The molecule has 5 nitrogen and oxygen atoms in total. The molecular formula is C25H23ClN3O2+. The van der Waals surface area contributed by atoms with Gasteiger partial charge in [-0.2, -0.15) is 0 Å². The van der Waals surface area contributed by atoms with Crippen LogP contribution in [0.2, 0.25) is 5.02 Å². The SMILES string of the molecule is Cc1ccc([C@H]2[C@H](NC(=O)c3ccc(Cl)cc3)C(=O)N/[N+]2=C\c2ccccc2C)cc1. The number of benzene rings is 3. The van der Waals surface area contributed by atoms with Gasteiger partial charge >= 0.3 is 5.91 Å². The second kappa shape index (κ2) is 8.74. The van der Waals surface area contributed by atoms with Crippen molar-refractivity contribution in [3.63, 3.8) is 0 Å². The summed E-state index contributed by atoms with van der Waals surface area (Å²) in [6.45, 7) is 4.03. The van der Waals surface area contributed by atoms with Crippen molar-refractivity contribution < 1.29 is 14.3 Å². The van der Waals surface area contributed by atoms with E-state index in [0.717, 1.165) is 22.3 Å². The van der Waals surface area contributed by atoms with E-state index >= 15 is 0 Å². The molecule has 0 unspecified atom stereocenters. The van der Waals surface area contributed by atoms with E-state index in [1.54, 1.807) is 28.9 Å². The van der Waals surface area contributed by atoms with Crippen molar-refractivity contribution in [2.24, 2.45) is 0 Å². The lowest BCUT2D eigenvalue weighted by Gasteiger charge is -2.15. The number of carbonyl (C=O) groups is 2. The first-order chi connectivity index (χ1) is 14.9. The Labute approximate surface area is 186 Å². The van der Waals surface area contributed by atoms with Gasteiger partial charge in [0.2, 0.25) is 12.3 Å². The zero-order chi connectivity index (χ0) is 22.0. The molecule has 2 amide bonds. The van der Waals surface area contributed by atoms with E-state index < -0.39 is 12.1 Å². The molecule has 0 bridgehead atoms. The highest BCUT2D eigenvalue weighted by atomic mass is 35.5. The van der Waals surface area contributed by atoms with E-state index in [4.69, 9.17) is 11.6 Å². The summed E-state index contributed by atoms with van der Waals surface area (Å²) in [6.07, 6.45) is 1.91. The number of nitrogens with zero attached hydrogens (tertiary/aromatic N) is 1. The number of hydrogen-bond acceptors (Lipinski definition) is 2. The average molecular weight is 433 g/mol. The van der Waals surface area contributed by atoms with Crippen LogP contribution in [-0.2, 0) is 4.79 Å². The highest BCUT2D eigenvalue weighted by molar-refractivity contribution is 6.30. The number of hydrazone groups is 1. The molecule has 0 radical (unpaired) electrons. The molecule has 1 saturated heterocycles. The number of halogens is 1. The standard InChI is InChI=1S/C25H22ClN3O2/c1-16-7-9-18(10-8-16)23-22(27-24(30)19-11-13-21(26)14-12-19)25(31)28-29(23)15-20-6-4-3-5-17(20)2/h3-15,22-23H,1-2H3,(H-,27,28,30,31)/p+1/b29-15-/t22-,23-/m0/s1. The Bertz CT molecular complexity index is 1150. The Morgan fingerprint density at radius 1 is 1.00 bits per heavy atom. The number of hydrazine groups is 1. The van der Waals surface area contributed by atoms with E-state index in [1.807, 2.05) is 68.6 Å². The minimum absolute atomic E-state index is 0.266. The van der Waals surface area contributed by atoms with Gasteiger partial charge in [0.05, 0.1) is 0 Å². The summed E-state index contributed by atoms with van der Waals surface area (Å²) >= 11 is 5.93. The fourth-order valence-electron chi connectivity index (χ4n) is 3.65. The van der Waals surface area contributed by atoms with E-state index in [-0.39, 0.29) is 11.8 Å². The number of aryl methyl sites for hydroxylation is 2. The summed E-state index contributed by atoms with van der Waals surface area (Å²) in [4.78, 5) is 25.8. The Morgan fingerprint density at radius 2 is 1.68 bits per heavy atom. The molecule has 1 fully saturated rings. The van der Waals surface area contributed by atoms with Crippen LogP contribution >= 0.6 is 11.6 Å². The molecule has 0 aromatic heterocycles. The topological polar surface area (TPSA) is 61.2 Å². The third-order valence-electron chi connectivity index (χ3n) is 5.42. The van der Waals surface area contributed by atoms with Crippen molar-refractivity contribution in [3.05, 3.63) is 106 Å². The number of rotatable bonds is 4. The van der Waals surface area contributed by atoms with E-state index in [1.165, 1.54) is 0 Å². The van der Waals surface area contributed by atoms with Crippen LogP contribution in [0.1, 0.15) is 38.7 Å². The number of nitrogens with one attached hydrogen (secondary N) is 2. The predicted octanol–water partition coefficient (Wildman–Crippen LogP) is 3.97. The lowest BCUT2D eigenvalue weighted by molar-refractivity contribution is -0.596. The molecule has 6 heteroatoms. The van der Waals surface area contributed by atoms with Crippen molar-refractivity contribution in [1.29, 1.82) is 0 Å². The quantitative estimate of drug-likeness (QED) is 0.613. The summed E-state index contributed by atoms with van der Waals surface area (Å²) in [5.41, 5.74) is 7.49. The molecule has 3 aromatic rings. The third kappa shape index (κ3) is 4.52. The molecule has 3 aromatic carbocycles. The van der Waals surface area contributed by atoms with Gasteiger partial charge in [0.15, 0.2) is 6.04 Å². The smallest absolute Gasteiger partial charge is 0.304 e. The molecule has 31 heavy (non-hydrogen) atoms. The molecular weight excluding hydrogens is 410 g/mol. The van der Waals surface area contributed by atoms with Crippen LogP contribution in [0, 0.1) is 13.8 Å². The second-order valence-electron chi connectivity index (χ2n) is 7.68. The molecule has 1 heterocycles. The molecule has 0 spiro atoms. The van der Waals surface area contributed by atoms with Crippen molar-refractivity contribution >= 4 is 29.6 Å². The van der Waals surface area contributed by atoms with E-state index in [2.05, 4.69) is 10.7 Å². The zero-order valence-electron chi connectivity index (χ0n) is 17.3. The Balaban J connectivity index is 1.71. The summed E-state index contributed by atoms with van der Waals surface area (Å²) in [5, 5.41) is 3.45. The first-order valence-electron chi connectivity index (χ1n) is 10.0. The first kappa shape index (κ1) is 20.8. The van der Waals surface area contributed by atoms with Gasteiger partial charge in [-0.25, -0.2) is 0 Å². The monoisotopic (exact) mass is 432 g/mol. The Morgan fingerprint density at radius 3 is 2.35 bits per heavy atom. The van der Waals surface area contributed by atoms with Crippen LogP contribution in [-0.4, -0.2) is 28.8 Å². The van der Waals surface area contributed by atoms with Gasteiger partial charge in [-0.1, -0.05) is 59.6 Å². The van der Waals surface area contributed by atoms with Crippen LogP contribution < -0.4 is 10.7 Å². The third-order valence-corrected chi connectivity index (χ3v) is 5.67. The van der Waals surface area contributed by atoms with Crippen LogP contribution in [0.25, 0.3) is 0 Å². The minimum atomic E-state index is -0.758. The summed E-state index contributed by atoms with van der Waals surface area (Å²) in [7, 11) is 0. The van der Waals surface area contributed by atoms with Crippen LogP contribution in [0.5, 0.6) is 0 Å². The number of hydrogen-bond donors (Lipinski definition) is 2. The zero-order valence-corrected chi connectivity index (χ0v) is 18.1. The van der Waals surface area contributed by atoms with E-state index in [9.17, 15) is 9.59 Å². The van der Waals surface area contributed by atoms with Crippen LogP contribution in [0.3, 0.4) is 0 Å². The van der Waals surface area contributed by atoms with Gasteiger partial charge in [-0.3, -0.25) is 9.59 Å². The highest BCUT2D eigenvalue weighted by Gasteiger charge is 2.47. The average Bonchev–Trinajstić information content (AvgIpc) is 3.05. The predicted molar refractivity (Wildman–Crippen MR) is 121 cm³/mol. The molecule has 2 N–H and O–H groups in total. The van der Waals surface area contributed by atoms with Gasteiger partial charge in [0.1, 0.15) is 0 Å². The molecule has 2 atom stereocenters. The van der Waals surface area contributed by atoms with Crippen LogP contribution in [0.15, 0.2) is 72.8 Å². The van der Waals surface area contributed by atoms with E-state index in [0.29, 0.717) is 10.6 Å². The number of carbonyl (C=O) groups excluding carboxylic acids is 2. The minimum Gasteiger partial charge on any atom is -0.334 e. The van der Waals surface area contributed by atoms with Gasteiger partial charge < -0.3 is 5.32 Å². The fourth-order valence-corrected chi connectivity index (χ4v) is 3.78. The lowest BCUT2D eigenvalue weighted by atomic mass is 9.98. The first-order valence-corrected chi connectivity index (χ1v) is 10.4. The Hall–Kier alpha value is -3.44. The van der Waals surface area contributed by atoms with Crippen molar-refractivity contribution in [1.82, 2.24) is 10.7 Å². The van der Waals surface area contributed by atoms with Gasteiger partial charge in [0.25, 0.3) is 5.91 Å². The molecule has 1 aliphatic rings. The largest absolute Gasteiger partial charge is 0.334 e. The normalized spacial score (nSPS) is 19.3. The molecule has 0 saturated carbocycles. The maximum Gasteiger partial charge on any atom is 0.304 e. The fraction of sp³-hybridized carbons (Fsp3) is 0.160. The molecule has 156 valence electrons. The van der Waals surface area contributed by atoms with Crippen molar-refractivity contribution in [2.75, 3.05) is 0 Å². The Kier molecular flexibility index (Phi) is 5.87. The van der Waals surface area contributed by atoms with Crippen molar-refractivity contribution in [2.45, 2.75) is 25.9 Å². The van der Waals surface area contributed by atoms with Gasteiger partial charge in [-0.15, -0.1) is 10.1 Å². The summed E-state index contributed by atoms with van der Waals surface area (Å²) in [5.74, 6) is -0.593. The second-order valence-corrected chi connectivity index (χ2v) is 8.12.